The first-order chi connectivity index (χ1) is 8.20. The molecule has 1 aromatic rings. The van der Waals surface area contributed by atoms with Crippen molar-refractivity contribution in [2.24, 2.45) is 5.92 Å². The van der Waals surface area contributed by atoms with Gasteiger partial charge in [0.15, 0.2) is 0 Å². The molecular weight excluding hydrogens is 206 g/mol. The zero-order chi connectivity index (χ0) is 12.3. The third-order valence-corrected chi connectivity index (χ3v) is 3.90. The number of rotatable bonds is 5. The number of allylic oxidation sites excluding steroid dienone is 1. The number of hydrogen-bond donors (Lipinski definition) is 1. The highest BCUT2D eigenvalue weighted by molar-refractivity contribution is 5.32. The van der Waals surface area contributed by atoms with Crippen molar-refractivity contribution in [1.82, 2.24) is 5.32 Å². The smallest absolute Gasteiger partial charge is 0.0102 e. The molecule has 0 fully saturated rings. The zero-order valence-electron chi connectivity index (χ0n) is 11.0. The predicted octanol–water partition coefficient (Wildman–Crippen LogP) is 3.35. The molecule has 17 heavy (non-hydrogen) atoms. The van der Waals surface area contributed by atoms with Crippen LogP contribution in [-0.2, 0) is 12.8 Å². The van der Waals surface area contributed by atoms with Gasteiger partial charge in [0.1, 0.15) is 0 Å². The highest BCUT2D eigenvalue weighted by atomic mass is 14.9. The quantitative estimate of drug-likeness (QED) is 0.764. The Hall–Kier alpha value is -1.08. The fraction of sp³-hybridized carbons (Fsp3) is 0.500. The van der Waals surface area contributed by atoms with Gasteiger partial charge in [-0.2, -0.15) is 0 Å². The molecule has 0 bridgehead atoms. The van der Waals surface area contributed by atoms with Crippen LogP contribution in [0.15, 0.2) is 36.4 Å². The first-order valence-corrected chi connectivity index (χ1v) is 6.59. The summed E-state index contributed by atoms with van der Waals surface area (Å²) in [5, 5.41) is 3.49. The van der Waals surface area contributed by atoms with Crippen LogP contribution in [-0.4, -0.2) is 13.1 Å². The van der Waals surface area contributed by atoms with E-state index in [2.05, 4.69) is 50.1 Å². The summed E-state index contributed by atoms with van der Waals surface area (Å²) in [6, 6.07) is 9.49. The van der Waals surface area contributed by atoms with Crippen LogP contribution in [0.5, 0.6) is 0 Å². The van der Waals surface area contributed by atoms with E-state index < -0.39 is 0 Å². The Morgan fingerprint density at radius 2 is 1.94 bits per heavy atom. The molecule has 0 saturated heterocycles. The van der Waals surface area contributed by atoms with Crippen LogP contribution in [0, 0.1) is 5.92 Å². The third-order valence-electron chi connectivity index (χ3n) is 3.90. The average Bonchev–Trinajstić information content (AvgIpc) is 2.72. The Bertz CT molecular complexity index is 369. The molecule has 1 aromatic carbocycles. The fourth-order valence-electron chi connectivity index (χ4n) is 2.90. The van der Waals surface area contributed by atoms with Crippen LogP contribution in [0.1, 0.15) is 30.9 Å². The molecule has 1 heteroatoms. The van der Waals surface area contributed by atoms with Crippen LogP contribution in [0.2, 0.25) is 0 Å². The second-order valence-electron chi connectivity index (χ2n) is 5.33. The summed E-state index contributed by atoms with van der Waals surface area (Å²) < 4.78 is 0. The molecule has 2 rings (SSSR count). The largest absolute Gasteiger partial charge is 0.317 e. The molecule has 1 N–H and O–H groups in total. The molecular formula is C16H23N. The van der Waals surface area contributed by atoms with Gasteiger partial charge in [-0.1, -0.05) is 29.8 Å². The van der Waals surface area contributed by atoms with Gasteiger partial charge < -0.3 is 5.32 Å². The number of hydrogen-bond acceptors (Lipinski definition) is 1. The minimum atomic E-state index is 0.624. The average molecular weight is 229 g/mol. The predicted molar refractivity (Wildman–Crippen MR) is 74.2 cm³/mol. The molecule has 0 saturated carbocycles. The highest BCUT2D eigenvalue weighted by Gasteiger charge is 2.27. The molecule has 1 aliphatic rings. The Balaban J connectivity index is 1.97. The van der Waals surface area contributed by atoms with Crippen molar-refractivity contribution in [3.05, 3.63) is 47.5 Å². The van der Waals surface area contributed by atoms with Crippen molar-refractivity contribution in [2.75, 3.05) is 7.05 Å². The number of fused-ring (bicyclic) bond motifs is 1. The van der Waals surface area contributed by atoms with E-state index in [0.29, 0.717) is 6.04 Å². The molecule has 0 amide bonds. The SMILES string of the molecule is C=C(C)CCC(NC)C1Cc2ccccc2C1. The summed E-state index contributed by atoms with van der Waals surface area (Å²) in [4.78, 5) is 0. The lowest BCUT2D eigenvalue weighted by Crippen LogP contribution is -2.34. The Morgan fingerprint density at radius 3 is 2.41 bits per heavy atom. The van der Waals surface area contributed by atoms with E-state index in [4.69, 9.17) is 0 Å². The van der Waals surface area contributed by atoms with E-state index >= 15 is 0 Å². The van der Waals surface area contributed by atoms with E-state index in [1.54, 1.807) is 11.1 Å². The lowest BCUT2D eigenvalue weighted by Gasteiger charge is -2.23. The van der Waals surface area contributed by atoms with E-state index in [1.165, 1.54) is 24.8 Å². The molecule has 0 spiro atoms. The van der Waals surface area contributed by atoms with Gasteiger partial charge in [0.05, 0.1) is 0 Å². The molecule has 1 unspecified atom stereocenters. The maximum atomic E-state index is 4.00. The summed E-state index contributed by atoms with van der Waals surface area (Å²) in [7, 11) is 2.09. The van der Waals surface area contributed by atoms with Gasteiger partial charge >= 0.3 is 0 Å². The molecule has 1 aliphatic carbocycles. The van der Waals surface area contributed by atoms with Crippen LogP contribution >= 0.6 is 0 Å². The first kappa shape index (κ1) is 12.4. The van der Waals surface area contributed by atoms with Crippen LogP contribution in [0.4, 0.5) is 0 Å². The van der Waals surface area contributed by atoms with Gasteiger partial charge in [-0.15, -0.1) is 6.58 Å². The molecule has 1 atom stereocenters. The van der Waals surface area contributed by atoms with E-state index in [9.17, 15) is 0 Å². The minimum Gasteiger partial charge on any atom is -0.317 e. The second kappa shape index (κ2) is 5.50. The van der Waals surface area contributed by atoms with Gasteiger partial charge in [-0.25, -0.2) is 0 Å². The maximum absolute atomic E-state index is 4.00. The van der Waals surface area contributed by atoms with Crippen molar-refractivity contribution in [3.8, 4) is 0 Å². The standard InChI is InChI=1S/C16H23N/c1-12(2)8-9-16(17-3)15-10-13-6-4-5-7-14(13)11-15/h4-7,15-17H,1,8-11H2,2-3H3. The summed E-state index contributed by atoms with van der Waals surface area (Å²) in [5.41, 5.74) is 4.39. The van der Waals surface area contributed by atoms with Crippen LogP contribution < -0.4 is 5.32 Å². The fourth-order valence-corrected chi connectivity index (χ4v) is 2.90. The molecule has 0 aromatic heterocycles. The van der Waals surface area contributed by atoms with Gasteiger partial charge in [-0.05, 0) is 56.7 Å². The second-order valence-corrected chi connectivity index (χ2v) is 5.33. The van der Waals surface area contributed by atoms with Gasteiger partial charge in [0.2, 0.25) is 0 Å². The van der Waals surface area contributed by atoms with Crippen molar-refractivity contribution >= 4 is 0 Å². The Labute approximate surface area is 105 Å². The zero-order valence-corrected chi connectivity index (χ0v) is 11.0. The summed E-state index contributed by atoms with van der Waals surface area (Å²) in [5.74, 6) is 0.761. The third kappa shape index (κ3) is 2.98. The maximum Gasteiger partial charge on any atom is 0.0102 e. The normalized spacial score (nSPS) is 16.8. The summed E-state index contributed by atoms with van der Waals surface area (Å²) in [6.45, 7) is 6.12. The molecule has 0 radical (unpaired) electrons. The lowest BCUT2D eigenvalue weighted by atomic mass is 9.92. The first-order valence-electron chi connectivity index (χ1n) is 6.59. The van der Waals surface area contributed by atoms with Crippen molar-refractivity contribution < 1.29 is 0 Å². The topological polar surface area (TPSA) is 12.0 Å². The molecule has 0 heterocycles. The number of benzene rings is 1. The van der Waals surface area contributed by atoms with Gasteiger partial charge in [0.25, 0.3) is 0 Å². The van der Waals surface area contributed by atoms with E-state index in [-0.39, 0.29) is 0 Å². The molecule has 0 aliphatic heterocycles. The summed E-state index contributed by atoms with van der Waals surface area (Å²) in [6.07, 6.45) is 4.82. The van der Waals surface area contributed by atoms with E-state index in [0.717, 1.165) is 12.3 Å². The van der Waals surface area contributed by atoms with Gasteiger partial charge in [-0.3, -0.25) is 0 Å². The number of nitrogens with one attached hydrogen (secondary N) is 1. The lowest BCUT2D eigenvalue weighted by molar-refractivity contribution is 0.365. The van der Waals surface area contributed by atoms with Crippen molar-refractivity contribution in [2.45, 2.75) is 38.6 Å². The minimum absolute atomic E-state index is 0.624. The van der Waals surface area contributed by atoms with E-state index in [1.807, 2.05) is 0 Å². The van der Waals surface area contributed by atoms with Crippen molar-refractivity contribution in [3.63, 3.8) is 0 Å². The Morgan fingerprint density at radius 1 is 1.35 bits per heavy atom. The van der Waals surface area contributed by atoms with Crippen LogP contribution in [0.3, 0.4) is 0 Å². The molecule has 92 valence electrons. The Kier molecular flexibility index (Phi) is 4.01. The van der Waals surface area contributed by atoms with Gasteiger partial charge in [0, 0.05) is 6.04 Å². The molecule has 1 nitrogen and oxygen atoms in total. The summed E-state index contributed by atoms with van der Waals surface area (Å²) >= 11 is 0. The van der Waals surface area contributed by atoms with Crippen molar-refractivity contribution in [1.29, 1.82) is 0 Å². The highest BCUT2D eigenvalue weighted by Crippen LogP contribution is 2.30. The van der Waals surface area contributed by atoms with Crippen LogP contribution in [0.25, 0.3) is 0 Å². The monoisotopic (exact) mass is 229 g/mol.